The molecule has 2 rings (SSSR count). The predicted octanol–water partition coefficient (Wildman–Crippen LogP) is 2.99. The Kier molecular flexibility index (Phi) is 5.98. The van der Waals surface area contributed by atoms with E-state index in [9.17, 15) is 0 Å². The number of nitrogens with zero attached hydrogens (tertiary/aromatic N) is 2. The molecule has 0 bridgehead atoms. The number of alkyl halides is 1. The first-order valence-corrected chi connectivity index (χ1v) is 8.13. The fourth-order valence-corrected chi connectivity index (χ4v) is 2.86. The molecule has 106 valence electrons. The Labute approximate surface area is 124 Å². The fourth-order valence-electron chi connectivity index (χ4n) is 2.47. The van der Waals surface area contributed by atoms with Gasteiger partial charge in [-0.05, 0) is 31.5 Å². The Morgan fingerprint density at radius 3 is 2.63 bits per heavy atom. The summed E-state index contributed by atoms with van der Waals surface area (Å²) < 4.78 is 5.29. The third-order valence-corrected chi connectivity index (χ3v) is 4.21. The van der Waals surface area contributed by atoms with Gasteiger partial charge in [-0.2, -0.15) is 0 Å². The van der Waals surface area contributed by atoms with Crippen LogP contribution in [-0.2, 0) is 0 Å². The molecule has 0 unspecified atom stereocenters. The van der Waals surface area contributed by atoms with E-state index in [0.717, 1.165) is 24.2 Å². The molecule has 0 saturated carbocycles. The molecule has 1 aliphatic heterocycles. The topological polar surface area (TPSA) is 15.7 Å². The molecule has 1 fully saturated rings. The minimum atomic E-state index is 0.942. The standard InChI is InChI=1S/C15H23BrN2O/c1-19-15-6-4-5-14(13-15)18-11-9-17(10-12-18)8-3-2-7-16/h4-6,13H,2-3,7-12H2,1H3. The monoisotopic (exact) mass is 326 g/mol. The summed E-state index contributed by atoms with van der Waals surface area (Å²) in [5.74, 6) is 0.942. The molecule has 1 aromatic carbocycles. The van der Waals surface area contributed by atoms with E-state index in [4.69, 9.17) is 4.74 Å². The van der Waals surface area contributed by atoms with Crippen LogP contribution in [0, 0.1) is 0 Å². The summed E-state index contributed by atoms with van der Waals surface area (Å²) in [5.41, 5.74) is 1.28. The van der Waals surface area contributed by atoms with Crippen LogP contribution in [0.4, 0.5) is 5.69 Å². The molecule has 0 atom stereocenters. The van der Waals surface area contributed by atoms with Gasteiger partial charge >= 0.3 is 0 Å². The van der Waals surface area contributed by atoms with E-state index in [2.05, 4.69) is 43.9 Å². The molecule has 1 aromatic rings. The number of benzene rings is 1. The lowest BCUT2D eigenvalue weighted by Gasteiger charge is -2.36. The van der Waals surface area contributed by atoms with E-state index in [-0.39, 0.29) is 0 Å². The van der Waals surface area contributed by atoms with Crippen LogP contribution in [0.25, 0.3) is 0 Å². The third-order valence-electron chi connectivity index (χ3n) is 3.65. The van der Waals surface area contributed by atoms with Crippen LogP contribution in [0.1, 0.15) is 12.8 Å². The first kappa shape index (κ1) is 14.7. The van der Waals surface area contributed by atoms with Gasteiger partial charge in [-0.1, -0.05) is 22.0 Å². The van der Waals surface area contributed by atoms with Crippen molar-refractivity contribution in [2.75, 3.05) is 50.1 Å². The molecular formula is C15H23BrN2O. The second kappa shape index (κ2) is 7.75. The molecule has 4 heteroatoms. The van der Waals surface area contributed by atoms with Gasteiger partial charge in [0.15, 0.2) is 0 Å². The maximum atomic E-state index is 5.29. The number of methoxy groups -OCH3 is 1. The molecular weight excluding hydrogens is 304 g/mol. The van der Waals surface area contributed by atoms with E-state index >= 15 is 0 Å². The zero-order valence-corrected chi connectivity index (χ0v) is 13.2. The van der Waals surface area contributed by atoms with Gasteiger partial charge in [0, 0.05) is 43.3 Å². The summed E-state index contributed by atoms with van der Waals surface area (Å²) in [7, 11) is 1.72. The van der Waals surface area contributed by atoms with E-state index < -0.39 is 0 Å². The normalized spacial score (nSPS) is 16.6. The number of hydrogen-bond acceptors (Lipinski definition) is 3. The van der Waals surface area contributed by atoms with E-state index in [0.29, 0.717) is 0 Å². The highest BCUT2D eigenvalue weighted by atomic mass is 79.9. The third kappa shape index (κ3) is 4.39. The SMILES string of the molecule is COc1cccc(N2CCN(CCCCBr)CC2)c1. The molecule has 0 N–H and O–H groups in total. The van der Waals surface area contributed by atoms with Crippen molar-refractivity contribution in [2.45, 2.75) is 12.8 Å². The van der Waals surface area contributed by atoms with Crippen LogP contribution in [-0.4, -0.2) is 50.1 Å². The molecule has 0 spiro atoms. The van der Waals surface area contributed by atoms with Crippen LogP contribution in [0.3, 0.4) is 0 Å². The number of ether oxygens (including phenoxy) is 1. The highest BCUT2D eigenvalue weighted by Gasteiger charge is 2.16. The number of rotatable bonds is 6. The minimum absolute atomic E-state index is 0.942. The lowest BCUT2D eigenvalue weighted by Crippen LogP contribution is -2.46. The first-order chi connectivity index (χ1) is 9.33. The van der Waals surface area contributed by atoms with Gasteiger partial charge in [0.25, 0.3) is 0 Å². The highest BCUT2D eigenvalue weighted by Crippen LogP contribution is 2.22. The van der Waals surface area contributed by atoms with Crippen LogP contribution >= 0.6 is 15.9 Å². The molecule has 1 aliphatic rings. The summed E-state index contributed by atoms with van der Waals surface area (Å²) in [6.45, 7) is 5.79. The van der Waals surface area contributed by atoms with Crippen molar-refractivity contribution in [1.29, 1.82) is 0 Å². The van der Waals surface area contributed by atoms with Gasteiger partial charge in [0.2, 0.25) is 0 Å². The molecule has 3 nitrogen and oxygen atoms in total. The molecule has 0 radical (unpaired) electrons. The van der Waals surface area contributed by atoms with Crippen LogP contribution in [0.2, 0.25) is 0 Å². The summed E-state index contributed by atoms with van der Waals surface area (Å²) in [4.78, 5) is 5.02. The molecule has 1 saturated heterocycles. The van der Waals surface area contributed by atoms with Crippen molar-refractivity contribution in [3.05, 3.63) is 24.3 Å². The molecule has 0 amide bonds. The fraction of sp³-hybridized carbons (Fsp3) is 0.600. The van der Waals surface area contributed by atoms with Gasteiger partial charge in [0.1, 0.15) is 5.75 Å². The van der Waals surface area contributed by atoms with E-state index in [1.807, 2.05) is 6.07 Å². The summed E-state index contributed by atoms with van der Waals surface area (Å²) in [6, 6.07) is 8.36. The Balaban J connectivity index is 1.82. The van der Waals surface area contributed by atoms with Crippen LogP contribution < -0.4 is 9.64 Å². The Hall–Kier alpha value is -0.740. The Morgan fingerprint density at radius 2 is 1.95 bits per heavy atom. The number of halogens is 1. The van der Waals surface area contributed by atoms with Gasteiger partial charge in [-0.15, -0.1) is 0 Å². The number of anilines is 1. The quantitative estimate of drug-likeness (QED) is 0.590. The van der Waals surface area contributed by atoms with E-state index in [1.54, 1.807) is 7.11 Å². The van der Waals surface area contributed by atoms with Crippen LogP contribution in [0.5, 0.6) is 5.75 Å². The molecule has 0 aliphatic carbocycles. The van der Waals surface area contributed by atoms with Gasteiger partial charge in [0.05, 0.1) is 7.11 Å². The second-order valence-corrected chi connectivity index (χ2v) is 5.72. The van der Waals surface area contributed by atoms with Gasteiger partial charge < -0.3 is 9.64 Å². The summed E-state index contributed by atoms with van der Waals surface area (Å²) in [5, 5.41) is 1.12. The van der Waals surface area contributed by atoms with Crippen molar-refractivity contribution in [3.63, 3.8) is 0 Å². The smallest absolute Gasteiger partial charge is 0.120 e. The number of unbranched alkanes of at least 4 members (excludes halogenated alkanes) is 1. The van der Waals surface area contributed by atoms with Crippen molar-refractivity contribution < 1.29 is 4.74 Å². The number of piperazine rings is 1. The largest absolute Gasteiger partial charge is 0.497 e. The maximum Gasteiger partial charge on any atom is 0.120 e. The molecule has 1 heterocycles. The zero-order chi connectivity index (χ0) is 13.5. The Morgan fingerprint density at radius 1 is 1.16 bits per heavy atom. The minimum Gasteiger partial charge on any atom is -0.497 e. The average Bonchev–Trinajstić information content (AvgIpc) is 2.48. The van der Waals surface area contributed by atoms with Crippen molar-refractivity contribution in [3.8, 4) is 5.75 Å². The van der Waals surface area contributed by atoms with Crippen molar-refractivity contribution in [2.24, 2.45) is 0 Å². The summed E-state index contributed by atoms with van der Waals surface area (Å²) in [6.07, 6.45) is 2.57. The van der Waals surface area contributed by atoms with Crippen molar-refractivity contribution >= 4 is 21.6 Å². The molecule has 0 aromatic heterocycles. The van der Waals surface area contributed by atoms with Crippen LogP contribution in [0.15, 0.2) is 24.3 Å². The van der Waals surface area contributed by atoms with E-state index in [1.165, 1.54) is 38.2 Å². The lowest BCUT2D eigenvalue weighted by atomic mass is 10.2. The maximum absolute atomic E-state index is 5.29. The Bertz CT molecular complexity index is 378. The second-order valence-electron chi connectivity index (χ2n) is 4.93. The average molecular weight is 327 g/mol. The highest BCUT2D eigenvalue weighted by molar-refractivity contribution is 9.09. The first-order valence-electron chi connectivity index (χ1n) is 7.01. The van der Waals surface area contributed by atoms with Gasteiger partial charge in [-0.3, -0.25) is 4.90 Å². The number of hydrogen-bond donors (Lipinski definition) is 0. The van der Waals surface area contributed by atoms with Crippen molar-refractivity contribution in [1.82, 2.24) is 4.90 Å². The molecule has 19 heavy (non-hydrogen) atoms. The lowest BCUT2D eigenvalue weighted by molar-refractivity contribution is 0.254. The predicted molar refractivity (Wildman–Crippen MR) is 84.7 cm³/mol. The summed E-state index contributed by atoms with van der Waals surface area (Å²) >= 11 is 3.49. The van der Waals surface area contributed by atoms with Gasteiger partial charge in [-0.25, -0.2) is 0 Å². The zero-order valence-electron chi connectivity index (χ0n) is 11.6.